The summed E-state index contributed by atoms with van der Waals surface area (Å²) in [6, 6.07) is 3.51. The molecule has 0 radical (unpaired) electrons. The summed E-state index contributed by atoms with van der Waals surface area (Å²) in [6.45, 7) is 0.0851. The highest BCUT2D eigenvalue weighted by Crippen LogP contribution is 2.52. The van der Waals surface area contributed by atoms with Gasteiger partial charge in [-0.25, -0.2) is 12.8 Å². The van der Waals surface area contributed by atoms with Crippen molar-refractivity contribution in [2.45, 2.75) is 52.7 Å². The Hall–Kier alpha value is -2.60. The summed E-state index contributed by atoms with van der Waals surface area (Å²) in [7, 11) is -4.66. The van der Waals surface area contributed by atoms with E-state index in [1.165, 1.54) is 6.92 Å². The number of benzene rings is 2. The van der Waals surface area contributed by atoms with E-state index in [0.29, 0.717) is 28.2 Å². The van der Waals surface area contributed by atoms with Gasteiger partial charge in [-0.2, -0.15) is 26.3 Å². The van der Waals surface area contributed by atoms with E-state index >= 15 is 0 Å². The Morgan fingerprint density at radius 3 is 2.15 bits per heavy atom. The molecule has 1 aliphatic heterocycles. The van der Waals surface area contributed by atoms with Crippen molar-refractivity contribution in [3.63, 3.8) is 0 Å². The molecule has 0 aromatic heterocycles. The zero-order valence-electron chi connectivity index (χ0n) is 20.4. The number of alkyl halides is 6. The van der Waals surface area contributed by atoms with Crippen LogP contribution in [0.4, 0.5) is 36.4 Å². The standard InChI is InChI=1S/C23H23F7N2O6S2/c1-20(35,12-33)11-31-19(34)9-15-10-39-18-8-13(21(36,22(25,26)27)23(28,29)30)2-7-17(18)32(15)40(37,38)16-5-3-14(24)4-6-16/h2-8,15,33,35-36H,9-12H2,1H3,(H,31,34)/t15-,20+/m1/s1. The number of amides is 1. The molecule has 40 heavy (non-hydrogen) atoms. The quantitative estimate of drug-likeness (QED) is 0.334. The Kier molecular flexibility index (Phi) is 8.78. The largest absolute Gasteiger partial charge is 0.430 e. The Morgan fingerprint density at radius 2 is 1.62 bits per heavy atom. The second-order valence-corrected chi connectivity index (χ2v) is 12.1. The number of hydrogen-bond acceptors (Lipinski definition) is 7. The molecular weight excluding hydrogens is 597 g/mol. The van der Waals surface area contributed by atoms with Gasteiger partial charge in [0.15, 0.2) is 0 Å². The van der Waals surface area contributed by atoms with Crippen molar-refractivity contribution >= 4 is 33.4 Å². The predicted molar refractivity (Wildman–Crippen MR) is 128 cm³/mol. The van der Waals surface area contributed by atoms with Gasteiger partial charge < -0.3 is 20.6 Å². The van der Waals surface area contributed by atoms with Crippen LogP contribution in [0.3, 0.4) is 0 Å². The Bertz CT molecular complexity index is 1330. The molecule has 4 N–H and O–H groups in total. The molecule has 3 rings (SSSR count). The molecule has 1 aliphatic rings. The molecule has 2 aromatic carbocycles. The van der Waals surface area contributed by atoms with E-state index in [1.54, 1.807) is 0 Å². The normalized spacial score (nSPS) is 18.2. The van der Waals surface area contributed by atoms with E-state index in [0.717, 1.165) is 24.3 Å². The number of nitrogens with one attached hydrogen (secondary N) is 1. The van der Waals surface area contributed by atoms with Gasteiger partial charge in [-0.05, 0) is 43.3 Å². The first-order chi connectivity index (χ1) is 18.2. The van der Waals surface area contributed by atoms with Gasteiger partial charge in [0.05, 0.1) is 23.2 Å². The molecule has 8 nitrogen and oxygen atoms in total. The third-order valence-electron chi connectivity index (χ3n) is 6.00. The van der Waals surface area contributed by atoms with Crippen LogP contribution >= 0.6 is 11.8 Å². The lowest BCUT2D eigenvalue weighted by atomic mass is 9.92. The third kappa shape index (κ3) is 6.17. The van der Waals surface area contributed by atoms with Crippen LogP contribution in [0.5, 0.6) is 0 Å². The molecule has 1 heterocycles. The number of fused-ring (bicyclic) bond motifs is 1. The zero-order chi connectivity index (χ0) is 30.3. The number of carbonyl (C=O) groups excluding carboxylic acids is 1. The lowest BCUT2D eigenvalue weighted by Gasteiger charge is -2.38. The lowest BCUT2D eigenvalue weighted by Crippen LogP contribution is -2.54. The molecule has 1 amide bonds. The van der Waals surface area contributed by atoms with Crippen LogP contribution in [0.15, 0.2) is 52.3 Å². The molecule has 0 aliphatic carbocycles. The number of aliphatic hydroxyl groups is 3. The molecule has 0 bridgehead atoms. The number of aliphatic hydroxyl groups excluding tert-OH is 1. The molecule has 2 aromatic rings. The second-order valence-electron chi connectivity index (χ2n) is 9.24. The van der Waals surface area contributed by atoms with Gasteiger partial charge in [-0.1, -0.05) is 6.07 Å². The molecule has 222 valence electrons. The topological polar surface area (TPSA) is 127 Å². The molecular formula is C23H23F7N2O6S2. The lowest BCUT2D eigenvalue weighted by molar-refractivity contribution is -0.376. The number of sulfonamides is 1. The Balaban J connectivity index is 2.10. The number of anilines is 1. The molecule has 0 saturated carbocycles. The highest BCUT2D eigenvalue weighted by atomic mass is 32.2. The summed E-state index contributed by atoms with van der Waals surface area (Å²) in [4.78, 5) is 11.7. The molecule has 0 unspecified atom stereocenters. The SMILES string of the molecule is C[C@@](O)(CO)CNC(=O)C[C@@H]1CSc2cc(C(O)(C(F)(F)F)C(F)(F)F)ccc2N1S(=O)(=O)c1ccc(F)cc1. The highest BCUT2D eigenvalue weighted by molar-refractivity contribution is 8.00. The van der Waals surface area contributed by atoms with Crippen LogP contribution in [0.1, 0.15) is 18.9 Å². The summed E-state index contributed by atoms with van der Waals surface area (Å²) in [5.41, 5.74) is -8.93. The molecule has 17 heteroatoms. The van der Waals surface area contributed by atoms with Crippen molar-refractivity contribution in [1.82, 2.24) is 5.32 Å². The van der Waals surface area contributed by atoms with Gasteiger partial charge in [0.1, 0.15) is 11.4 Å². The van der Waals surface area contributed by atoms with E-state index in [9.17, 15) is 54.2 Å². The van der Waals surface area contributed by atoms with Crippen molar-refractivity contribution < 1.29 is 59.3 Å². The van der Waals surface area contributed by atoms with Gasteiger partial charge in [-0.15, -0.1) is 11.8 Å². The first kappa shape index (κ1) is 31.9. The van der Waals surface area contributed by atoms with Crippen LogP contribution in [-0.4, -0.2) is 72.5 Å². The second kappa shape index (κ2) is 11.0. The van der Waals surface area contributed by atoms with Crippen molar-refractivity contribution in [3.8, 4) is 0 Å². The predicted octanol–water partition coefficient (Wildman–Crippen LogP) is 3.06. The van der Waals surface area contributed by atoms with Crippen LogP contribution in [0.25, 0.3) is 0 Å². The van der Waals surface area contributed by atoms with Gasteiger partial charge in [0.25, 0.3) is 15.6 Å². The minimum atomic E-state index is -6.17. The number of hydrogen-bond donors (Lipinski definition) is 4. The zero-order valence-corrected chi connectivity index (χ0v) is 22.1. The number of rotatable bonds is 8. The fourth-order valence-corrected chi connectivity index (χ4v) is 6.78. The maximum Gasteiger partial charge on any atom is 0.430 e. The van der Waals surface area contributed by atoms with Gasteiger partial charge in [0, 0.05) is 29.2 Å². The van der Waals surface area contributed by atoms with Crippen molar-refractivity contribution in [2.75, 3.05) is 23.2 Å². The molecule has 0 spiro atoms. The van der Waals surface area contributed by atoms with E-state index in [1.807, 2.05) is 0 Å². The molecule has 0 saturated heterocycles. The summed E-state index contributed by atoms with van der Waals surface area (Å²) in [5.74, 6) is -1.90. The van der Waals surface area contributed by atoms with Gasteiger partial charge in [0.2, 0.25) is 5.91 Å². The van der Waals surface area contributed by atoms with Gasteiger partial charge in [-0.3, -0.25) is 9.10 Å². The van der Waals surface area contributed by atoms with Crippen molar-refractivity contribution in [3.05, 3.63) is 53.8 Å². The van der Waals surface area contributed by atoms with Gasteiger partial charge >= 0.3 is 12.4 Å². The van der Waals surface area contributed by atoms with E-state index in [-0.39, 0.29) is 22.4 Å². The van der Waals surface area contributed by atoms with E-state index < -0.39 is 81.4 Å². The fraction of sp³-hybridized carbons (Fsp3) is 0.435. The summed E-state index contributed by atoms with van der Waals surface area (Å²) in [5, 5.41) is 31.1. The van der Waals surface area contributed by atoms with Crippen LogP contribution in [0.2, 0.25) is 0 Å². The third-order valence-corrected chi connectivity index (χ3v) is 9.07. The smallest absolute Gasteiger partial charge is 0.393 e. The van der Waals surface area contributed by atoms with Crippen molar-refractivity contribution in [1.29, 1.82) is 0 Å². The maximum atomic E-state index is 13.6. The molecule has 2 atom stereocenters. The average molecular weight is 621 g/mol. The highest BCUT2D eigenvalue weighted by Gasteiger charge is 2.71. The maximum absolute atomic E-state index is 13.6. The van der Waals surface area contributed by atoms with E-state index in [4.69, 9.17) is 5.11 Å². The first-order valence-corrected chi connectivity index (χ1v) is 13.7. The summed E-state index contributed by atoms with van der Waals surface area (Å²) < 4.78 is 122. The number of thioether (sulfide) groups is 1. The number of halogens is 7. The van der Waals surface area contributed by atoms with Crippen LogP contribution < -0.4 is 9.62 Å². The average Bonchev–Trinajstić information content (AvgIpc) is 2.85. The van der Waals surface area contributed by atoms with Crippen LogP contribution in [-0.2, 0) is 20.4 Å². The van der Waals surface area contributed by atoms with Crippen molar-refractivity contribution in [2.24, 2.45) is 0 Å². The fourth-order valence-electron chi connectivity index (χ4n) is 3.79. The summed E-state index contributed by atoms with van der Waals surface area (Å²) >= 11 is 0.655. The Labute approximate surface area is 227 Å². The minimum absolute atomic E-state index is 0.286. The summed E-state index contributed by atoms with van der Waals surface area (Å²) in [6.07, 6.45) is -12.9. The molecule has 0 fully saturated rings. The van der Waals surface area contributed by atoms with E-state index in [2.05, 4.69) is 5.32 Å². The Morgan fingerprint density at radius 1 is 1.05 bits per heavy atom. The number of nitrogens with zero attached hydrogens (tertiary/aromatic N) is 1. The number of carbonyl (C=O) groups is 1. The monoisotopic (exact) mass is 620 g/mol. The first-order valence-electron chi connectivity index (χ1n) is 11.3. The minimum Gasteiger partial charge on any atom is -0.393 e. The van der Waals surface area contributed by atoms with Crippen LogP contribution in [0, 0.1) is 5.82 Å².